The number of hydrogen-bond donors (Lipinski definition) is 1. The molecule has 0 unspecified atom stereocenters. The molecule has 0 spiro atoms. The van der Waals surface area contributed by atoms with E-state index in [2.05, 4.69) is 9.97 Å². The summed E-state index contributed by atoms with van der Waals surface area (Å²) in [4.78, 5) is 8.19. The molecule has 0 radical (unpaired) electrons. The van der Waals surface area contributed by atoms with E-state index in [1.54, 1.807) is 30.0 Å². The minimum Gasteiger partial charge on any atom is -0.495 e. The topological polar surface area (TPSA) is 63.3 Å². The van der Waals surface area contributed by atoms with Crippen LogP contribution in [0, 0.1) is 16.7 Å². The van der Waals surface area contributed by atoms with Crippen LogP contribution >= 0.6 is 0 Å². The summed E-state index contributed by atoms with van der Waals surface area (Å²) in [7, 11) is -0.131. The van der Waals surface area contributed by atoms with Crippen molar-refractivity contribution in [3.05, 3.63) is 42.5 Å². The van der Waals surface area contributed by atoms with Crippen LogP contribution < -0.4 is 4.74 Å². The SMILES string of the molecule is COc1cc2ncc(-c3cc(F)nc(F)c3)n2cc1[SH2](=N)C(C)(C)C. The van der Waals surface area contributed by atoms with Gasteiger partial charge in [-0.1, -0.05) is 20.8 Å². The molecule has 0 aliphatic heterocycles. The molecule has 0 saturated carbocycles. The molecule has 0 aliphatic carbocycles. The van der Waals surface area contributed by atoms with Gasteiger partial charge in [-0.2, -0.15) is 24.5 Å². The highest BCUT2D eigenvalue weighted by Crippen LogP contribution is 2.32. The molecule has 0 saturated heterocycles. The maximum atomic E-state index is 13.5. The second-order valence-corrected chi connectivity index (χ2v) is 9.54. The third kappa shape index (κ3) is 3.26. The first-order valence-electron chi connectivity index (χ1n) is 7.68. The zero-order valence-corrected chi connectivity index (χ0v) is 15.4. The molecule has 0 atom stereocenters. The lowest BCUT2D eigenvalue weighted by Gasteiger charge is -2.26. The van der Waals surface area contributed by atoms with Crippen molar-refractivity contribution in [2.45, 2.75) is 30.4 Å². The van der Waals surface area contributed by atoms with Crippen molar-refractivity contribution in [2.24, 2.45) is 0 Å². The van der Waals surface area contributed by atoms with E-state index in [1.165, 1.54) is 0 Å². The maximum Gasteiger partial charge on any atom is 0.216 e. The summed E-state index contributed by atoms with van der Waals surface area (Å²) in [5, 5.41) is 0. The Morgan fingerprint density at radius 2 is 1.80 bits per heavy atom. The Kier molecular flexibility index (Phi) is 4.32. The van der Waals surface area contributed by atoms with Gasteiger partial charge < -0.3 is 4.74 Å². The van der Waals surface area contributed by atoms with Crippen molar-refractivity contribution >= 4 is 16.3 Å². The third-order valence-corrected chi connectivity index (χ3v) is 6.32. The van der Waals surface area contributed by atoms with Gasteiger partial charge in [0.05, 0.1) is 23.9 Å². The molecule has 134 valence electrons. The van der Waals surface area contributed by atoms with Crippen LogP contribution in [-0.2, 0) is 10.7 Å². The van der Waals surface area contributed by atoms with Gasteiger partial charge in [0.25, 0.3) is 0 Å². The first kappa shape index (κ1) is 17.5. The van der Waals surface area contributed by atoms with Crippen LogP contribution in [-0.4, -0.2) is 26.2 Å². The Bertz CT molecular complexity index is 958. The van der Waals surface area contributed by atoms with Crippen molar-refractivity contribution in [1.29, 1.82) is 4.78 Å². The number of hydrogen-bond acceptors (Lipinski definition) is 4. The average Bonchev–Trinajstić information content (AvgIpc) is 2.93. The van der Waals surface area contributed by atoms with E-state index in [4.69, 9.17) is 9.52 Å². The Balaban J connectivity index is 2.25. The molecule has 3 rings (SSSR count). The van der Waals surface area contributed by atoms with Crippen LogP contribution in [0.25, 0.3) is 16.9 Å². The maximum absolute atomic E-state index is 13.5. The van der Waals surface area contributed by atoms with Gasteiger partial charge in [-0.15, -0.1) is 0 Å². The highest BCUT2D eigenvalue weighted by molar-refractivity contribution is 7.87. The van der Waals surface area contributed by atoms with Crippen LogP contribution in [0.1, 0.15) is 20.8 Å². The van der Waals surface area contributed by atoms with E-state index in [9.17, 15) is 8.78 Å². The summed E-state index contributed by atoms with van der Waals surface area (Å²) in [6.45, 7) is 6.04. The molecular formula is C17H20F2N4OS. The molecule has 3 aromatic heterocycles. The number of fused-ring (bicyclic) bond motifs is 1. The van der Waals surface area contributed by atoms with E-state index in [0.717, 1.165) is 17.0 Å². The van der Waals surface area contributed by atoms with Gasteiger partial charge in [-0.3, -0.25) is 9.18 Å². The fourth-order valence-electron chi connectivity index (χ4n) is 2.59. The van der Waals surface area contributed by atoms with E-state index < -0.39 is 22.6 Å². The lowest BCUT2D eigenvalue weighted by molar-refractivity contribution is 0.403. The highest BCUT2D eigenvalue weighted by Gasteiger charge is 2.20. The first-order chi connectivity index (χ1) is 11.7. The Morgan fingerprint density at radius 3 is 2.36 bits per heavy atom. The largest absolute Gasteiger partial charge is 0.495 e. The molecule has 3 heterocycles. The molecule has 0 aromatic carbocycles. The monoisotopic (exact) mass is 366 g/mol. The lowest BCUT2D eigenvalue weighted by atomic mass is 10.2. The summed E-state index contributed by atoms with van der Waals surface area (Å²) in [6, 6.07) is 4.07. The average molecular weight is 366 g/mol. The van der Waals surface area contributed by atoms with Gasteiger partial charge in [-0.25, -0.2) is 4.98 Å². The van der Waals surface area contributed by atoms with Crippen LogP contribution in [0.4, 0.5) is 8.78 Å². The van der Waals surface area contributed by atoms with E-state index in [1.807, 2.05) is 20.8 Å². The molecule has 8 heteroatoms. The van der Waals surface area contributed by atoms with Gasteiger partial charge in [0.1, 0.15) is 11.4 Å². The van der Waals surface area contributed by atoms with Gasteiger partial charge in [-0.05, 0) is 0 Å². The molecule has 3 aromatic rings. The van der Waals surface area contributed by atoms with Crippen molar-refractivity contribution in [3.63, 3.8) is 0 Å². The predicted molar refractivity (Wildman–Crippen MR) is 95.8 cm³/mol. The summed E-state index contributed by atoms with van der Waals surface area (Å²) in [5.74, 6) is -1.17. The quantitative estimate of drug-likeness (QED) is 0.719. The smallest absolute Gasteiger partial charge is 0.216 e. The summed E-state index contributed by atoms with van der Waals surface area (Å²) < 4.78 is 42.6. The molecule has 5 nitrogen and oxygen atoms in total. The van der Waals surface area contributed by atoms with Gasteiger partial charge in [0.15, 0.2) is 0 Å². The van der Waals surface area contributed by atoms with Crippen molar-refractivity contribution in [1.82, 2.24) is 14.4 Å². The van der Waals surface area contributed by atoms with Crippen molar-refractivity contribution in [3.8, 4) is 17.0 Å². The normalized spacial score (nSPS) is 12.5. The van der Waals surface area contributed by atoms with E-state index in [-0.39, 0.29) is 4.75 Å². The van der Waals surface area contributed by atoms with Gasteiger partial charge >= 0.3 is 0 Å². The number of nitrogens with zero attached hydrogens (tertiary/aromatic N) is 3. The molecule has 0 bridgehead atoms. The Labute approximate surface area is 146 Å². The van der Waals surface area contributed by atoms with Crippen LogP contribution in [0.5, 0.6) is 5.75 Å². The first-order valence-corrected chi connectivity index (χ1v) is 9.18. The van der Waals surface area contributed by atoms with Gasteiger partial charge in [0.2, 0.25) is 11.9 Å². The number of imidazole rings is 1. The van der Waals surface area contributed by atoms with Crippen LogP contribution in [0.3, 0.4) is 0 Å². The number of pyridine rings is 2. The number of nitrogens with one attached hydrogen (secondary N) is 1. The van der Waals surface area contributed by atoms with E-state index >= 15 is 0 Å². The Morgan fingerprint density at radius 1 is 1.16 bits per heavy atom. The number of halogens is 2. The second kappa shape index (κ2) is 6.18. The molecular weight excluding hydrogens is 346 g/mol. The van der Waals surface area contributed by atoms with Gasteiger partial charge in [0, 0.05) is 34.7 Å². The number of rotatable bonds is 3. The molecule has 0 fully saturated rings. The number of methoxy groups -OCH3 is 1. The minimum absolute atomic E-state index is 0.207. The molecule has 1 N–H and O–H groups in total. The minimum atomic E-state index is -1.69. The van der Waals surface area contributed by atoms with Crippen LogP contribution in [0.15, 0.2) is 35.5 Å². The lowest BCUT2D eigenvalue weighted by Crippen LogP contribution is -2.21. The second-order valence-electron chi connectivity index (χ2n) is 6.75. The summed E-state index contributed by atoms with van der Waals surface area (Å²) >= 11 is 0. The predicted octanol–water partition coefficient (Wildman–Crippen LogP) is 3.69. The van der Waals surface area contributed by atoms with Crippen LogP contribution in [0.2, 0.25) is 0 Å². The fraction of sp³-hybridized carbons (Fsp3) is 0.294. The third-order valence-electron chi connectivity index (χ3n) is 3.91. The molecule has 0 aliphatic rings. The summed E-state index contributed by atoms with van der Waals surface area (Å²) in [6.07, 6.45) is 3.33. The van der Waals surface area contributed by atoms with Crippen molar-refractivity contribution in [2.75, 3.05) is 7.11 Å². The standard InChI is InChI=1S/C17H20F2N4OS/c1-17(2,3)25(20)13-9-23-11(8-21-16(23)7-12(13)24-4)10-5-14(18)22-15(19)6-10/h5-9,20H,25H2,1-4H3. The summed E-state index contributed by atoms with van der Waals surface area (Å²) in [5.41, 5.74) is 1.45. The fourth-order valence-corrected chi connectivity index (χ4v) is 4.08. The Hall–Kier alpha value is -2.35. The zero-order chi connectivity index (χ0) is 18.4. The van der Waals surface area contributed by atoms with Crippen molar-refractivity contribution < 1.29 is 13.5 Å². The number of ether oxygens (including phenoxy) is 1. The number of aromatic nitrogens is 3. The zero-order valence-electron chi connectivity index (χ0n) is 14.4. The van der Waals surface area contributed by atoms with E-state index in [0.29, 0.717) is 22.7 Å². The molecule has 0 amide bonds. The highest BCUT2D eigenvalue weighted by atomic mass is 32.2. The molecule has 25 heavy (non-hydrogen) atoms.